The molecule has 0 aliphatic carbocycles. The van der Waals surface area contributed by atoms with E-state index in [0.29, 0.717) is 0 Å². The summed E-state index contributed by atoms with van der Waals surface area (Å²) in [7, 11) is 1.37. The Hall–Kier alpha value is -1.82. The first-order valence-corrected chi connectivity index (χ1v) is 3.84. The molecule has 1 rings (SSSR count). The maximum Gasteiger partial charge on any atom is 0.325 e. The van der Waals surface area contributed by atoms with Gasteiger partial charge in [0.1, 0.15) is 6.04 Å². The Kier molecular flexibility index (Phi) is 2.88. The molecule has 1 aromatic rings. The van der Waals surface area contributed by atoms with Gasteiger partial charge in [0.15, 0.2) is 0 Å². The fraction of sp³-hybridized carbons (Fsp3) is 0.250. The van der Waals surface area contributed by atoms with Crippen molar-refractivity contribution in [3.05, 3.63) is 17.8 Å². The van der Waals surface area contributed by atoms with Crippen molar-refractivity contribution in [2.45, 2.75) is 6.04 Å². The molecule has 5 N–H and O–H groups in total. The van der Waals surface area contributed by atoms with Gasteiger partial charge in [-0.05, 0) is 6.07 Å². The number of pyridine rings is 1. The topological polar surface area (TPSA) is 111 Å². The Morgan fingerprint density at radius 3 is 2.86 bits per heavy atom. The summed E-state index contributed by atoms with van der Waals surface area (Å²) in [6.07, 6.45) is 1.42. The quantitative estimate of drug-likeness (QED) is 0.616. The highest BCUT2D eigenvalue weighted by atomic mass is 16.5. The van der Waals surface area contributed by atoms with Gasteiger partial charge in [0.05, 0.1) is 12.7 Å². The maximum absolute atomic E-state index is 10.7. The van der Waals surface area contributed by atoms with E-state index in [1.165, 1.54) is 19.4 Å². The van der Waals surface area contributed by atoms with Crippen LogP contribution in [0.5, 0.6) is 5.88 Å². The van der Waals surface area contributed by atoms with Gasteiger partial charge in [-0.1, -0.05) is 0 Å². The van der Waals surface area contributed by atoms with Gasteiger partial charge >= 0.3 is 5.97 Å². The lowest BCUT2D eigenvalue weighted by atomic mass is 10.1. The molecule has 0 aromatic carbocycles. The molecule has 0 unspecified atom stereocenters. The number of hydrogen-bond acceptors (Lipinski definition) is 5. The van der Waals surface area contributed by atoms with Gasteiger partial charge in [0, 0.05) is 11.9 Å². The molecule has 14 heavy (non-hydrogen) atoms. The molecule has 0 fully saturated rings. The number of rotatable bonds is 3. The number of carboxylic acid groups (broad SMARTS) is 1. The van der Waals surface area contributed by atoms with E-state index in [2.05, 4.69) is 4.98 Å². The molecule has 0 spiro atoms. The SMILES string of the molecule is COc1nccc(N)c1[C@H](N)C(=O)O. The van der Waals surface area contributed by atoms with E-state index in [4.69, 9.17) is 21.3 Å². The van der Waals surface area contributed by atoms with E-state index in [0.717, 1.165) is 0 Å². The summed E-state index contributed by atoms with van der Waals surface area (Å²) in [6.45, 7) is 0. The summed E-state index contributed by atoms with van der Waals surface area (Å²) >= 11 is 0. The second-order valence-corrected chi connectivity index (χ2v) is 2.64. The first-order chi connectivity index (χ1) is 6.57. The number of nitrogens with two attached hydrogens (primary N) is 2. The van der Waals surface area contributed by atoms with E-state index in [-0.39, 0.29) is 17.1 Å². The molecule has 0 saturated carbocycles. The number of hydrogen-bond donors (Lipinski definition) is 3. The van der Waals surface area contributed by atoms with Gasteiger partial charge < -0.3 is 21.3 Å². The van der Waals surface area contributed by atoms with Crippen LogP contribution in [0.25, 0.3) is 0 Å². The molecular formula is C8H11N3O3. The second-order valence-electron chi connectivity index (χ2n) is 2.64. The van der Waals surface area contributed by atoms with Gasteiger partial charge in [0.2, 0.25) is 5.88 Å². The molecule has 1 heterocycles. The molecule has 0 saturated heterocycles. The lowest BCUT2D eigenvalue weighted by molar-refractivity contribution is -0.138. The highest BCUT2D eigenvalue weighted by molar-refractivity contribution is 5.78. The summed E-state index contributed by atoms with van der Waals surface area (Å²) in [5.41, 5.74) is 11.4. The van der Waals surface area contributed by atoms with Gasteiger partial charge in [-0.3, -0.25) is 4.79 Å². The van der Waals surface area contributed by atoms with Crippen molar-refractivity contribution in [3.8, 4) is 5.88 Å². The van der Waals surface area contributed by atoms with Gasteiger partial charge in [-0.15, -0.1) is 0 Å². The molecule has 0 bridgehead atoms. The monoisotopic (exact) mass is 197 g/mol. The van der Waals surface area contributed by atoms with Crippen molar-refractivity contribution < 1.29 is 14.6 Å². The zero-order chi connectivity index (χ0) is 10.7. The van der Waals surface area contributed by atoms with E-state index >= 15 is 0 Å². The van der Waals surface area contributed by atoms with Crippen molar-refractivity contribution in [1.29, 1.82) is 0 Å². The van der Waals surface area contributed by atoms with Gasteiger partial charge in [0.25, 0.3) is 0 Å². The largest absolute Gasteiger partial charge is 0.481 e. The highest BCUT2D eigenvalue weighted by Gasteiger charge is 2.22. The number of aliphatic carboxylic acids is 1. The average molecular weight is 197 g/mol. The molecule has 0 aliphatic heterocycles. The molecule has 0 aliphatic rings. The average Bonchev–Trinajstić information content (AvgIpc) is 2.16. The number of carbonyl (C=O) groups is 1. The predicted octanol–water partition coefficient (Wildman–Crippen LogP) is -0.243. The van der Waals surface area contributed by atoms with Crippen molar-refractivity contribution in [2.75, 3.05) is 12.8 Å². The van der Waals surface area contributed by atoms with Crippen molar-refractivity contribution in [1.82, 2.24) is 4.98 Å². The molecule has 6 heteroatoms. The van der Waals surface area contributed by atoms with E-state index in [1.807, 2.05) is 0 Å². The van der Waals surface area contributed by atoms with Crippen molar-refractivity contribution in [2.24, 2.45) is 5.73 Å². The summed E-state index contributed by atoms with van der Waals surface area (Å²) in [4.78, 5) is 14.5. The van der Waals surface area contributed by atoms with Crippen LogP contribution in [0.4, 0.5) is 5.69 Å². The first kappa shape index (κ1) is 10.3. The molecular weight excluding hydrogens is 186 g/mol. The van der Waals surface area contributed by atoms with Gasteiger partial charge in [-0.2, -0.15) is 0 Å². The van der Waals surface area contributed by atoms with Crippen LogP contribution in [0.2, 0.25) is 0 Å². The van der Waals surface area contributed by atoms with E-state index in [1.54, 1.807) is 0 Å². The van der Waals surface area contributed by atoms with E-state index in [9.17, 15) is 4.79 Å². The zero-order valence-electron chi connectivity index (χ0n) is 7.60. The third-order valence-corrected chi connectivity index (χ3v) is 1.76. The summed E-state index contributed by atoms with van der Waals surface area (Å²) in [5, 5.41) is 8.72. The van der Waals surface area contributed by atoms with Crippen LogP contribution in [-0.4, -0.2) is 23.2 Å². The second kappa shape index (κ2) is 3.93. The van der Waals surface area contributed by atoms with Crippen LogP contribution < -0.4 is 16.2 Å². The smallest absolute Gasteiger partial charge is 0.325 e. The van der Waals surface area contributed by atoms with Crippen LogP contribution in [0.1, 0.15) is 11.6 Å². The summed E-state index contributed by atoms with van der Waals surface area (Å²) in [5.74, 6) is -1.04. The normalized spacial score (nSPS) is 12.1. The molecule has 1 atom stereocenters. The Morgan fingerprint density at radius 1 is 1.71 bits per heavy atom. The zero-order valence-corrected chi connectivity index (χ0v) is 7.60. The van der Waals surface area contributed by atoms with Crippen molar-refractivity contribution in [3.63, 3.8) is 0 Å². The number of anilines is 1. The van der Waals surface area contributed by atoms with Crippen LogP contribution in [0, 0.1) is 0 Å². The number of carboxylic acids is 1. The summed E-state index contributed by atoms with van der Waals surface area (Å²) in [6, 6.07) is 0.249. The molecule has 0 amide bonds. The Bertz CT molecular complexity index is 354. The van der Waals surface area contributed by atoms with Crippen LogP contribution in [0.15, 0.2) is 12.3 Å². The number of nitrogen functional groups attached to an aromatic ring is 1. The lowest BCUT2D eigenvalue weighted by Gasteiger charge is -2.12. The molecule has 6 nitrogen and oxygen atoms in total. The third kappa shape index (κ3) is 1.74. The predicted molar refractivity (Wildman–Crippen MR) is 49.8 cm³/mol. The lowest BCUT2D eigenvalue weighted by Crippen LogP contribution is -2.23. The Morgan fingerprint density at radius 2 is 2.36 bits per heavy atom. The van der Waals surface area contributed by atoms with Crippen molar-refractivity contribution >= 4 is 11.7 Å². The number of nitrogens with zero attached hydrogens (tertiary/aromatic N) is 1. The molecule has 1 aromatic heterocycles. The Labute approximate surface area is 80.5 Å². The molecule has 76 valence electrons. The molecule has 0 radical (unpaired) electrons. The minimum Gasteiger partial charge on any atom is -0.481 e. The fourth-order valence-corrected chi connectivity index (χ4v) is 1.07. The first-order valence-electron chi connectivity index (χ1n) is 3.84. The number of ether oxygens (including phenoxy) is 1. The minimum atomic E-state index is -1.22. The van der Waals surface area contributed by atoms with E-state index < -0.39 is 12.0 Å². The number of aromatic nitrogens is 1. The standard InChI is InChI=1S/C8H11N3O3/c1-14-7-5(6(10)8(12)13)4(9)2-3-11-7/h2-3,6H,10H2,1H3,(H2,9,11)(H,12,13)/t6-/m0/s1. The maximum atomic E-state index is 10.7. The third-order valence-electron chi connectivity index (χ3n) is 1.76. The Balaban J connectivity index is 3.23. The van der Waals surface area contributed by atoms with Crippen LogP contribution in [0.3, 0.4) is 0 Å². The summed E-state index contributed by atoms with van der Waals surface area (Å²) < 4.78 is 4.86. The van der Waals surface area contributed by atoms with Gasteiger partial charge in [-0.25, -0.2) is 4.98 Å². The highest BCUT2D eigenvalue weighted by Crippen LogP contribution is 2.26. The number of methoxy groups -OCH3 is 1. The minimum absolute atomic E-state index is 0.139. The van der Waals surface area contributed by atoms with Crippen LogP contribution >= 0.6 is 0 Å². The van der Waals surface area contributed by atoms with Crippen LogP contribution in [-0.2, 0) is 4.79 Å². The fourth-order valence-electron chi connectivity index (χ4n) is 1.07.